The number of hydrogen-bond acceptors (Lipinski definition) is 5. The predicted molar refractivity (Wildman–Crippen MR) is 118 cm³/mol. The van der Waals surface area contributed by atoms with E-state index in [-0.39, 0.29) is 18.0 Å². The van der Waals surface area contributed by atoms with Crippen LogP contribution < -0.4 is 10.9 Å². The molecule has 0 bridgehead atoms. The maximum atomic E-state index is 13.5. The SMILES string of the molecule is COCCn1nc(CNC(=O)C2(c3ccccc3)CCOCC2)c2ccccc2c1=O. The maximum Gasteiger partial charge on any atom is 0.274 e. The largest absolute Gasteiger partial charge is 0.383 e. The summed E-state index contributed by atoms with van der Waals surface area (Å²) in [7, 11) is 1.59. The molecule has 0 unspecified atom stereocenters. The Hall–Kier alpha value is -3.03. The van der Waals surface area contributed by atoms with Crippen LogP contribution >= 0.6 is 0 Å². The number of nitrogens with one attached hydrogen (secondary N) is 1. The first-order valence-corrected chi connectivity index (χ1v) is 10.5. The molecule has 0 spiro atoms. The molecule has 31 heavy (non-hydrogen) atoms. The Labute approximate surface area is 181 Å². The average Bonchev–Trinajstić information content (AvgIpc) is 2.84. The minimum Gasteiger partial charge on any atom is -0.383 e. The van der Waals surface area contributed by atoms with E-state index in [9.17, 15) is 9.59 Å². The van der Waals surface area contributed by atoms with Gasteiger partial charge in [-0.25, -0.2) is 4.68 Å². The number of methoxy groups -OCH3 is 1. The van der Waals surface area contributed by atoms with Crippen molar-refractivity contribution in [2.45, 2.75) is 31.3 Å². The molecule has 0 aliphatic carbocycles. The van der Waals surface area contributed by atoms with Crippen molar-refractivity contribution in [3.8, 4) is 0 Å². The second-order valence-electron chi connectivity index (χ2n) is 7.76. The van der Waals surface area contributed by atoms with Crippen LogP contribution in [0.15, 0.2) is 59.4 Å². The molecule has 1 N–H and O–H groups in total. The molecule has 1 aliphatic rings. The zero-order chi connectivity index (χ0) is 21.7. The highest BCUT2D eigenvalue weighted by molar-refractivity contribution is 5.89. The van der Waals surface area contributed by atoms with Gasteiger partial charge in [0.05, 0.1) is 36.2 Å². The van der Waals surface area contributed by atoms with E-state index >= 15 is 0 Å². The van der Waals surface area contributed by atoms with Crippen LogP contribution in [0.4, 0.5) is 0 Å². The lowest BCUT2D eigenvalue weighted by molar-refractivity contribution is -0.130. The summed E-state index contributed by atoms with van der Waals surface area (Å²) < 4.78 is 12.1. The summed E-state index contributed by atoms with van der Waals surface area (Å²) in [6, 6.07) is 17.2. The first-order chi connectivity index (χ1) is 15.2. The van der Waals surface area contributed by atoms with Gasteiger partial charge in [-0.15, -0.1) is 0 Å². The second-order valence-corrected chi connectivity index (χ2v) is 7.76. The minimum absolute atomic E-state index is 0.0393. The van der Waals surface area contributed by atoms with Crippen molar-refractivity contribution < 1.29 is 14.3 Å². The summed E-state index contributed by atoms with van der Waals surface area (Å²) in [4.78, 5) is 26.2. The molecule has 1 aliphatic heterocycles. The molecule has 0 saturated carbocycles. The Bertz CT molecular complexity index is 1100. The number of aromatic nitrogens is 2. The van der Waals surface area contributed by atoms with E-state index in [2.05, 4.69) is 10.4 Å². The zero-order valence-corrected chi connectivity index (χ0v) is 17.7. The number of carbonyl (C=O) groups excluding carboxylic acids is 1. The Morgan fingerprint density at radius 1 is 1.10 bits per heavy atom. The van der Waals surface area contributed by atoms with Crippen molar-refractivity contribution in [3.63, 3.8) is 0 Å². The van der Waals surface area contributed by atoms with Gasteiger partial charge in [0.1, 0.15) is 0 Å². The summed E-state index contributed by atoms with van der Waals surface area (Å²) in [5, 5.41) is 8.97. The summed E-state index contributed by atoms with van der Waals surface area (Å²) >= 11 is 0. The van der Waals surface area contributed by atoms with Crippen LogP contribution in [-0.4, -0.2) is 42.6 Å². The number of hydrogen-bond donors (Lipinski definition) is 1. The third kappa shape index (κ3) is 4.24. The highest BCUT2D eigenvalue weighted by atomic mass is 16.5. The van der Waals surface area contributed by atoms with Crippen molar-refractivity contribution in [3.05, 3.63) is 76.2 Å². The highest BCUT2D eigenvalue weighted by Gasteiger charge is 2.41. The number of carbonyl (C=O) groups is 1. The molecule has 2 aromatic carbocycles. The monoisotopic (exact) mass is 421 g/mol. The summed E-state index contributed by atoms with van der Waals surface area (Å²) in [5.74, 6) is -0.0393. The number of fused-ring (bicyclic) bond motifs is 1. The molecule has 7 heteroatoms. The molecule has 2 heterocycles. The van der Waals surface area contributed by atoms with Gasteiger partial charge >= 0.3 is 0 Å². The lowest BCUT2D eigenvalue weighted by Crippen LogP contribution is -2.48. The van der Waals surface area contributed by atoms with E-state index in [0.29, 0.717) is 50.3 Å². The van der Waals surface area contributed by atoms with Crippen molar-refractivity contribution >= 4 is 16.7 Å². The zero-order valence-electron chi connectivity index (χ0n) is 17.7. The lowest BCUT2D eigenvalue weighted by atomic mass is 9.73. The number of rotatable bonds is 7. The Morgan fingerprint density at radius 3 is 2.48 bits per heavy atom. The van der Waals surface area contributed by atoms with Crippen molar-refractivity contribution in [1.29, 1.82) is 0 Å². The average molecular weight is 421 g/mol. The van der Waals surface area contributed by atoms with Gasteiger partial charge in [-0.05, 0) is 24.5 Å². The van der Waals surface area contributed by atoms with E-state index < -0.39 is 5.41 Å². The maximum absolute atomic E-state index is 13.5. The number of ether oxygens (including phenoxy) is 2. The number of nitrogens with zero attached hydrogens (tertiary/aromatic N) is 2. The van der Waals surface area contributed by atoms with Gasteiger partial charge in [0, 0.05) is 25.7 Å². The molecule has 0 atom stereocenters. The molecule has 7 nitrogen and oxygen atoms in total. The van der Waals surface area contributed by atoms with Gasteiger partial charge in [0.2, 0.25) is 5.91 Å². The summed E-state index contributed by atoms with van der Waals surface area (Å²) in [6.45, 7) is 2.07. The molecule has 1 fully saturated rings. The third-order valence-corrected chi connectivity index (χ3v) is 5.98. The first-order valence-electron chi connectivity index (χ1n) is 10.5. The normalized spacial score (nSPS) is 15.6. The molecule has 1 amide bonds. The van der Waals surface area contributed by atoms with Gasteiger partial charge in [-0.3, -0.25) is 9.59 Å². The van der Waals surface area contributed by atoms with Gasteiger partial charge in [0.15, 0.2) is 0 Å². The summed E-state index contributed by atoms with van der Waals surface area (Å²) in [6.07, 6.45) is 1.26. The van der Waals surface area contributed by atoms with Gasteiger partial charge in [0.25, 0.3) is 5.56 Å². The summed E-state index contributed by atoms with van der Waals surface area (Å²) in [5.41, 5.74) is 0.876. The molecule has 3 aromatic rings. The van der Waals surface area contributed by atoms with Crippen molar-refractivity contribution in [2.75, 3.05) is 26.9 Å². The molecule has 0 radical (unpaired) electrons. The van der Waals surface area contributed by atoms with Crippen LogP contribution in [0.5, 0.6) is 0 Å². The van der Waals surface area contributed by atoms with Crippen LogP contribution in [0.3, 0.4) is 0 Å². The fourth-order valence-corrected chi connectivity index (χ4v) is 4.22. The minimum atomic E-state index is -0.625. The quantitative estimate of drug-likeness (QED) is 0.634. The van der Waals surface area contributed by atoms with Gasteiger partial charge < -0.3 is 14.8 Å². The first kappa shape index (κ1) is 21.2. The predicted octanol–water partition coefficient (Wildman–Crippen LogP) is 2.41. The molecular formula is C24H27N3O4. The van der Waals surface area contributed by atoms with Crippen molar-refractivity contribution in [1.82, 2.24) is 15.1 Å². The Balaban J connectivity index is 1.64. The lowest BCUT2D eigenvalue weighted by Gasteiger charge is -2.36. The van der Waals surface area contributed by atoms with Gasteiger partial charge in [-0.2, -0.15) is 5.10 Å². The fourth-order valence-electron chi connectivity index (χ4n) is 4.22. The molecule has 4 rings (SSSR count). The van der Waals surface area contributed by atoms with Gasteiger partial charge in [-0.1, -0.05) is 48.5 Å². The van der Waals surface area contributed by atoms with E-state index in [4.69, 9.17) is 9.47 Å². The van der Waals surface area contributed by atoms with Crippen LogP contribution in [0.1, 0.15) is 24.1 Å². The highest BCUT2D eigenvalue weighted by Crippen LogP contribution is 2.35. The van der Waals surface area contributed by atoms with Crippen molar-refractivity contribution in [2.24, 2.45) is 0 Å². The van der Waals surface area contributed by atoms with E-state index in [1.165, 1.54) is 4.68 Å². The van der Waals surface area contributed by atoms with E-state index in [1.54, 1.807) is 13.2 Å². The van der Waals surface area contributed by atoms with E-state index in [0.717, 1.165) is 10.9 Å². The molecule has 162 valence electrons. The Morgan fingerprint density at radius 2 is 1.77 bits per heavy atom. The third-order valence-electron chi connectivity index (χ3n) is 5.98. The second kappa shape index (κ2) is 9.41. The smallest absolute Gasteiger partial charge is 0.274 e. The number of amides is 1. The molecule has 1 aromatic heterocycles. The number of benzene rings is 2. The van der Waals surface area contributed by atoms with Crippen LogP contribution in [0, 0.1) is 0 Å². The topological polar surface area (TPSA) is 82.4 Å². The van der Waals surface area contributed by atoms with Crippen LogP contribution in [0.25, 0.3) is 10.8 Å². The molecular weight excluding hydrogens is 394 g/mol. The van der Waals surface area contributed by atoms with Crippen LogP contribution in [0.2, 0.25) is 0 Å². The van der Waals surface area contributed by atoms with Crippen LogP contribution in [-0.2, 0) is 32.8 Å². The molecule has 1 saturated heterocycles. The van der Waals surface area contributed by atoms with E-state index in [1.807, 2.05) is 48.5 Å². The fraction of sp³-hybridized carbons (Fsp3) is 0.375. The Kier molecular flexibility index (Phi) is 6.44. The standard InChI is InChI=1S/C24H27N3O4/c1-30-16-13-27-22(28)20-10-6-5-9-19(20)21(26-27)17-25-23(29)24(11-14-31-15-12-24)18-7-3-2-4-8-18/h2-10H,11-17H2,1H3,(H,25,29).